The maximum Gasteiger partial charge on any atom is 0.233 e. The van der Waals surface area contributed by atoms with Crippen LogP contribution in [0, 0.1) is 0 Å². The smallest absolute Gasteiger partial charge is 0.233 e. The summed E-state index contributed by atoms with van der Waals surface area (Å²) < 4.78 is 5.25. The molecule has 1 aromatic carbocycles. The number of ether oxygens (including phenoxy) is 1. The van der Waals surface area contributed by atoms with Gasteiger partial charge in [-0.05, 0) is 37.6 Å². The molecule has 4 heteroatoms. The Morgan fingerprint density at radius 1 is 1.23 bits per heavy atom. The Morgan fingerprint density at radius 3 is 2.41 bits per heavy atom. The van der Waals surface area contributed by atoms with Crippen molar-refractivity contribution >= 4 is 5.91 Å². The monoisotopic (exact) mass is 304 g/mol. The molecule has 1 aliphatic carbocycles. The van der Waals surface area contributed by atoms with Crippen LogP contribution in [0.25, 0.3) is 0 Å². The third kappa shape index (κ3) is 3.43. The molecule has 0 aromatic heterocycles. The van der Waals surface area contributed by atoms with Gasteiger partial charge in [-0.15, -0.1) is 0 Å². The summed E-state index contributed by atoms with van der Waals surface area (Å²) in [6.45, 7) is 1.56. The first-order chi connectivity index (χ1) is 10.6. The summed E-state index contributed by atoms with van der Waals surface area (Å²) in [5.41, 5.74) is 0.779. The van der Waals surface area contributed by atoms with Gasteiger partial charge in [0.25, 0.3) is 0 Å². The van der Waals surface area contributed by atoms with Crippen LogP contribution in [0.1, 0.15) is 37.7 Å². The quantitative estimate of drug-likeness (QED) is 0.878. The van der Waals surface area contributed by atoms with Gasteiger partial charge >= 0.3 is 0 Å². The van der Waals surface area contributed by atoms with E-state index in [9.17, 15) is 4.79 Å². The summed E-state index contributed by atoms with van der Waals surface area (Å²) >= 11 is 0. The van der Waals surface area contributed by atoms with Crippen LogP contribution in [0.5, 0.6) is 5.75 Å². The van der Waals surface area contributed by atoms with Gasteiger partial charge in [-0.3, -0.25) is 4.79 Å². The maximum atomic E-state index is 13.1. The van der Waals surface area contributed by atoms with E-state index in [0.29, 0.717) is 0 Å². The molecule has 4 nitrogen and oxygen atoms in total. The number of benzene rings is 1. The zero-order valence-corrected chi connectivity index (χ0v) is 14.0. The Labute approximate surface area is 133 Å². The molecule has 1 amide bonds. The van der Waals surface area contributed by atoms with Crippen LogP contribution in [-0.4, -0.2) is 45.1 Å². The molecule has 0 radical (unpaired) electrons. The van der Waals surface area contributed by atoms with E-state index in [1.165, 1.54) is 6.42 Å². The van der Waals surface area contributed by atoms with E-state index in [-0.39, 0.29) is 11.3 Å². The summed E-state index contributed by atoms with van der Waals surface area (Å²) in [4.78, 5) is 15.0. The van der Waals surface area contributed by atoms with E-state index in [1.54, 1.807) is 7.11 Å². The largest absolute Gasteiger partial charge is 0.497 e. The van der Waals surface area contributed by atoms with Gasteiger partial charge in [0, 0.05) is 20.1 Å². The van der Waals surface area contributed by atoms with Crippen molar-refractivity contribution in [2.75, 3.05) is 34.3 Å². The van der Waals surface area contributed by atoms with Crippen LogP contribution in [0.15, 0.2) is 24.3 Å². The predicted octanol–water partition coefficient (Wildman–Crippen LogP) is 2.57. The number of rotatable bonds is 6. The minimum absolute atomic E-state index is 0.257. The molecule has 0 unspecified atom stereocenters. The zero-order chi connectivity index (χ0) is 16.0. The molecule has 1 saturated carbocycles. The highest BCUT2D eigenvalue weighted by Crippen LogP contribution is 2.41. The second-order valence-electron chi connectivity index (χ2n) is 6.20. The number of methoxy groups -OCH3 is 1. The molecule has 0 spiro atoms. The predicted molar refractivity (Wildman–Crippen MR) is 89.3 cm³/mol. The number of amides is 1. The highest BCUT2D eigenvalue weighted by atomic mass is 16.5. The SMILES string of the molecule is CNCCN(C)C(=O)C1(c2ccc(OC)cc2)CCCCC1. The average Bonchev–Trinajstić information content (AvgIpc) is 2.59. The van der Waals surface area contributed by atoms with Crippen molar-refractivity contribution in [2.45, 2.75) is 37.5 Å². The van der Waals surface area contributed by atoms with Gasteiger partial charge in [0.05, 0.1) is 12.5 Å². The fraction of sp³-hybridized carbons (Fsp3) is 0.611. The Bertz CT molecular complexity index is 478. The molecule has 0 aliphatic heterocycles. The zero-order valence-electron chi connectivity index (χ0n) is 14.0. The van der Waals surface area contributed by atoms with Crippen LogP contribution in [0.2, 0.25) is 0 Å². The molecular weight excluding hydrogens is 276 g/mol. The van der Waals surface area contributed by atoms with Gasteiger partial charge in [-0.1, -0.05) is 31.4 Å². The lowest BCUT2D eigenvalue weighted by atomic mass is 9.68. The second kappa shape index (κ2) is 7.63. The van der Waals surface area contributed by atoms with E-state index in [0.717, 1.165) is 50.1 Å². The molecule has 1 aromatic rings. The van der Waals surface area contributed by atoms with Crippen molar-refractivity contribution in [3.8, 4) is 5.75 Å². The van der Waals surface area contributed by atoms with E-state index >= 15 is 0 Å². The minimum Gasteiger partial charge on any atom is -0.497 e. The normalized spacial score (nSPS) is 17.0. The van der Waals surface area contributed by atoms with Crippen LogP contribution in [-0.2, 0) is 10.2 Å². The van der Waals surface area contributed by atoms with Gasteiger partial charge in [0.2, 0.25) is 5.91 Å². The topological polar surface area (TPSA) is 41.6 Å². The van der Waals surface area contributed by atoms with Crippen LogP contribution < -0.4 is 10.1 Å². The van der Waals surface area contributed by atoms with Gasteiger partial charge in [-0.2, -0.15) is 0 Å². The van der Waals surface area contributed by atoms with Crippen LogP contribution in [0.4, 0.5) is 0 Å². The van der Waals surface area contributed by atoms with Crippen molar-refractivity contribution in [1.82, 2.24) is 10.2 Å². The van der Waals surface area contributed by atoms with Gasteiger partial charge in [0.15, 0.2) is 0 Å². The Morgan fingerprint density at radius 2 is 1.86 bits per heavy atom. The average molecular weight is 304 g/mol. The van der Waals surface area contributed by atoms with Gasteiger partial charge < -0.3 is 15.0 Å². The second-order valence-corrected chi connectivity index (χ2v) is 6.20. The molecule has 1 fully saturated rings. The Balaban J connectivity index is 2.28. The van der Waals surface area contributed by atoms with E-state index < -0.39 is 0 Å². The summed E-state index contributed by atoms with van der Waals surface area (Å²) in [6, 6.07) is 8.06. The standard InChI is InChI=1S/C18H28N2O2/c1-19-13-14-20(2)17(21)18(11-5-4-6-12-18)15-7-9-16(22-3)10-8-15/h7-10,19H,4-6,11-14H2,1-3H3. The fourth-order valence-electron chi connectivity index (χ4n) is 3.44. The van der Waals surface area contributed by atoms with Crippen LogP contribution in [0.3, 0.4) is 0 Å². The van der Waals surface area contributed by atoms with Crippen molar-refractivity contribution in [3.63, 3.8) is 0 Å². The van der Waals surface area contributed by atoms with Crippen molar-refractivity contribution in [1.29, 1.82) is 0 Å². The van der Waals surface area contributed by atoms with Gasteiger partial charge in [0.1, 0.15) is 5.75 Å². The van der Waals surface area contributed by atoms with Crippen molar-refractivity contribution < 1.29 is 9.53 Å². The lowest BCUT2D eigenvalue weighted by molar-refractivity contribution is -0.137. The lowest BCUT2D eigenvalue weighted by Gasteiger charge is -2.39. The molecule has 0 bridgehead atoms. The molecule has 2 rings (SSSR count). The number of hydrogen-bond acceptors (Lipinski definition) is 3. The summed E-state index contributed by atoms with van der Waals surface area (Å²) in [5, 5.41) is 3.11. The molecule has 122 valence electrons. The number of hydrogen-bond donors (Lipinski definition) is 1. The Kier molecular flexibility index (Phi) is 5.83. The molecule has 22 heavy (non-hydrogen) atoms. The molecule has 1 N–H and O–H groups in total. The summed E-state index contributed by atoms with van der Waals surface area (Å²) in [7, 11) is 5.50. The summed E-state index contributed by atoms with van der Waals surface area (Å²) in [5.74, 6) is 1.10. The first kappa shape index (κ1) is 16.8. The maximum absolute atomic E-state index is 13.1. The first-order valence-corrected chi connectivity index (χ1v) is 8.19. The van der Waals surface area contributed by atoms with E-state index in [4.69, 9.17) is 4.74 Å². The third-order valence-corrected chi connectivity index (χ3v) is 4.80. The highest BCUT2D eigenvalue weighted by Gasteiger charge is 2.42. The number of likely N-dealkylation sites (N-methyl/N-ethyl adjacent to an activating group) is 2. The highest BCUT2D eigenvalue weighted by molar-refractivity contribution is 5.88. The molecule has 0 saturated heterocycles. The molecule has 1 aliphatic rings. The number of carbonyl (C=O) groups excluding carboxylic acids is 1. The first-order valence-electron chi connectivity index (χ1n) is 8.19. The van der Waals surface area contributed by atoms with E-state index in [2.05, 4.69) is 17.4 Å². The summed E-state index contributed by atoms with van der Waals surface area (Å²) in [6.07, 6.45) is 5.37. The van der Waals surface area contributed by atoms with Gasteiger partial charge in [-0.25, -0.2) is 0 Å². The molecule has 0 heterocycles. The lowest BCUT2D eigenvalue weighted by Crippen LogP contribution is -2.48. The van der Waals surface area contributed by atoms with Crippen molar-refractivity contribution in [2.24, 2.45) is 0 Å². The number of carbonyl (C=O) groups is 1. The van der Waals surface area contributed by atoms with Crippen molar-refractivity contribution in [3.05, 3.63) is 29.8 Å². The fourth-order valence-corrected chi connectivity index (χ4v) is 3.44. The molecular formula is C18H28N2O2. The third-order valence-electron chi connectivity index (χ3n) is 4.80. The Hall–Kier alpha value is -1.55. The molecule has 0 atom stereocenters. The minimum atomic E-state index is -0.354. The number of nitrogens with zero attached hydrogens (tertiary/aromatic N) is 1. The van der Waals surface area contributed by atoms with E-state index in [1.807, 2.05) is 31.1 Å². The number of nitrogens with one attached hydrogen (secondary N) is 1. The van der Waals surface area contributed by atoms with Crippen LogP contribution >= 0.6 is 0 Å².